The molecule has 0 bridgehead atoms. The van der Waals surface area contributed by atoms with Crippen molar-refractivity contribution in [1.29, 1.82) is 0 Å². The summed E-state index contributed by atoms with van der Waals surface area (Å²) in [5.41, 5.74) is -1.24. The van der Waals surface area contributed by atoms with Crippen molar-refractivity contribution in [3.05, 3.63) is 24.0 Å². The molecule has 1 atom stereocenters. The molecule has 0 heterocycles. The Hall–Kier alpha value is 0.401. The van der Waals surface area contributed by atoms with Crippen molar-refractivity contribution < 1.29 is 78.2 Å². The summed E-state index contributed by atoms with van der Waals surface area (Å²) in [6.07, 6.45) is -0.360. The van der Waals surface area contributed by atoms with Gasteiger partial charge in [0.2, 0.25) is 0 Å². The smallest absolute Gasteiger partial charge is 0.488 e. The molecule has 0 aliphatic heterocycles. The van der Waals surface area contributed by atoms with Crippen LogP contribution in [0.25, 0.3) is 0 Å². The molecule has 0 aromatic heterocycles. The predicted octanol–water partition coefficient (Wildman–Crippen LogP) is -0.702. The van der Waals surface area contributed by atoms with E-state index in [0.29, 0.717) is 6.07 Å². The van der Waals surface area contributed by atoms with Gasteiger partial charge in [-0.1, -0.05) is 11.5 Å². The third-order valence-corrected chi connectivity index (χ3v) is 2.06. The van der Waals surface area contributed by atoms with Gasteiger partial charge in [-0.2, -0.15) is 0 Å². The van der Waals surface area contributed by atoms with Crippen LogP contribution < -0.4 is 61.6 Å². The molecule has 8 heteroatoms. The van der Waals surface area contributed by atoms with Crippen molar-refractivity contribution in [2.24, 2.45) is 0 Å². The van der Waals surface area contributed by atoms with Gasteiger partial charge in [0.15, 0.2) is 0 Å². The van der Waals surface area contributed by atoms with Crippen molar-refractivity contribution >= 4 is 12.4 Å². The average molecular weight is 290 g/mol. The van der Waals surface area contributed by atoms with E-state index in [9.17, 15) is 17.3 Å². The summed E-state index contributed by atoms with van der Waals surface area (Å²) in [7, 11) is 1.47. The van der Waals surface area contributed by atoms with Gasteiger partial charge >= 0.3 is 58.4 Å². The first kappa shape index (κ1) is 18.4. The second-order valence-corrected chi connectivity index (χ2v) is 3.64. The zero-order valence-corrected chi connectivity index (χ0v) is 13.5. The number of hydrogen-bond donors (Lipinski definition) is 0. The number of hydrogen-bond acceptors (Lipinski definition) is 2. The van der Waals surface area contributed by atoms with Crippen LogP contribution in [0.2, 0.25) is 0 Å². The van der Waals surface area contributed by atoms with Crippen molar-refractivity contribution in [1.82, 2.24) is 0 Å². The van der Waals surface area contributed by atoms with E-state index in [4.69, 9.17) is 9.47 Å². The van der Waals surface area contributed by atoms with Gasteiger partial charge in [-0.15, -0.1) is 0 Å². The van der Waals surface area contributed by atoms with E-state index in [1.165, 1.54) is 7.11 Å². The molecule has 1 rings (SSSR count). The molecule has 0 radical (unpaired) electrons. The van der Waals surface area contributed by atoms with Gasteiger partial charge in [-0.05, 0) is 13.0 Å². The molecule has 0 saturated heterocycles. The Bertz CT molecular complexity index is 387. The quantitative estimate of drug-likeness (QED) is 0.527. The number of methoxy groups -OCH3 is 1. The van der Waals surface area contributed by atoms with Gasteiger partial charge in [0.05, 0.1) is 12.4 Å². The largest absolute Gasteiger partial charge is 1.00 e. The number of ether oxygens (including phenoxy) is 2. The Morgan fingerprint density at radius 2 is 1.89 bits per heavy atom. The summed E-state index contributed by atoms with van der Waals surface area (Å²) in [4.78, 5) is 0. The van der Waals surface area contributed by atoms with Gasteiger partial charge in [0.25, 0.3) is 0 Å². The van der Waals surface area contributed by atoms with Crippen molar-refractivity contribution in [2.45, 2.75) is 13.0 Å². The third-order valence-electron chi connectivity index (χ3n) is 2.06. The van der Waals surface area contributed by atoms with E-state index in [1.807, 2.05) is 0 Å². The van der Waals surface area contributed by atoms with Gasteiger partial charge < -0.3 is 22.4 Å². The molecule has 18 heavy (non-hydrogen) atoms. The van der Waals surface area contributed by atoms with Crippen LogP contribution in [0, 0.1) is 5.82 Å². The SMILES string of the molecule is COCC(C)Oc1ccc([B-](F)(F)F)c(F)c1.[K+]. The summed E-state index contributed by atoms with van der Waals surface area (Å²) in [5.74, 6) is -1.27. The standard InChI is InChI=1S/C10H12BF4O2.K/c1-7(6-16-2)17-8-3-4-9(10(12)5-8)11(13,14)15;/h3-5,7H,6H2,1-2H3;/q-1;+1. The molecule has 0 fully saturated rings. The van der Waals surface area contributed by atoms with Crippen LogP contribution in [0.1, 0.15) is 6.92 Å². The Morgan fingerprint density at radius 3 is 2.33 bits per heavy atom. The molecular weight excluding hydrogens is 278 g/mol. The van der Waals surface area contributed by atoms with Crippen LogP contribution in [-0.4, -0.2) is 26.8 Å². The summed E-state index contributed by atoms with van der Waals surface area (Å²) in [5, 5.41) is 0. The van der Waals surface area contributed by atoms with Gasteiger partial charge in [0, 0.05) is 13.2 Å². The molecule has 0 spiro atoms. The predicted molar refractivity (Wildman–Crippen MR) is 57.1 cm³/mol. The van der Waals surface area contributed by atoms with Gasteiger partial charge in [-0.25, -0.2) is 4.39 Å². The first-order valence-electron chi connectivity index (χ1n) is 4.99. The molecule has 0 aliphatic rings. The first-order valence-corrected chi connectivity index (χ1v) is 4.99. The van der Waals surface area contributed by atoms with E-state index in [1.54, 1.807) is 6.92 Å². The third kappa shape index (κ3) is 5.58. The normalized spacial score (nSPS) is 12.8. The molecule has 96 valence electrons. The zero-order valence-electron chi connectivity index (χ0n) is 10.4. The first-order chi connectivity index (χ1) is 7.84. The number of rotatable bonds is 5. The summed E-state index contributed by atoms with van der Waals surface area (Å²) < 4.78 is 60.1. The number of benzene rings is 1. The van der Waals surface area contributed by atoms with Crippen LogP contribution >= 0.6 is 0 Å². The van der Waals surface area contributed by atoms with Crippen LogP contribution in [-0.2, 0) is 4.74 Å². The minimum absolute atomic E-state index is 0. The molecule has 0 aliphatic carbocycles. The average Bonchev–Trinajstić information content (AvgIpc) is 2.15. The van der Waals surface area contributed by atoms with Crippen molar-refractivity contribution in [2.75, 3.05) is 13.7 Å². The Morgan fingerprint density at radius 1 is 1.28 bits per heavy atom. The van der Waals surface area contributed by atoms with Crippen LogP contribution in [0.4, 0.5) is 17.3 Å². The summed E-state index contributed by atoms with van der Waals surface area (Å²) in [6.45, 7) is -3.39. The molecule has 0 amide bonds. The van der Waals surface area contributed by atoms with E-state index >= 15 is 0 Å². The monoisotopic (exact) mass is 290 g/mol. The molecule has 1 aromatic carbocycles. The fourth-order valence-electron chi connectivity index (χ4n) is 1.35. The van der Waals surface area contributed by atoms with E-state index in [2.05, 4.69) is 0 Å². The Balaban J connectivity index is 0.00000289. The van der Waals surface area contributed by atoms with E-state index in [0.717, 1.165) is 12.1 Å². The topological polar surface area (TPSA) is 18.5 Å². The summed E-state index contributed by atoms with van der Waals surface area (Å²) >= 11 is 0. The zero-order chi connectivity index (χ0) is 13.1. The minimum atomic E-state index is -5.33. The maximum absolute atomic E-state index is 13.2. The Labute approximate surface area is 146 Å². The van der Waals surface area contributed by atoms with Gasteiger partial charge in [-0.3, -0.25) is 0 Å². The fraction of sp³-hybridized carbons (Fsp3) is 0.400. The molecule has 0 saturated carbocycles. The van der Waals surface area contributed by atoms with Crippen LogP contribution in [0.3, 0.4) is 0 Å². The molecule has 2 nitrogen and oxygen atoms in total. The Kier molecular flexibility index (Phi) is 8.04. The van der Waals surface area contributed by atoms with Gasteiger partial charge in [0.1, 0.15) is 11.9 Å². The fourth-order valence-corrected chi connectivity index (χ4v) is 1.35. The molecule has 1 aromatic rings. The summed E-state index contributed by atoms with van der Waals surface area (Å²) in [6, 6.07) is 2.51. The minimum Gasteiger partial charge on any atom is -0.488 e. The maximum Gasteiger partial charge on any atom is 1.00 e. The van der Waals surface area contributed by atoms with E-state index in [-0.39, 0.29) is 69.8 Å². The second-order valence-electron chi connectivity index (χ2n) is 3.64. The molecular formula is C10H12BF4KO2. The van der Waals surface area contributed by atoms with Crippen molar-refractivity contribution in [3.63, 3.8) is 0 Å². The number of halogens is 4. The maximum atomic E-state index is 13.2. The molecule has 0 N–H and O–H groups in total. The second kappa shape index (κ2) is 7.86. The van der Waals surface area contributed by atoms with Crippen molar-refractivity contribution in [3.8, 4) is 5.75 Å². The van der Waals surface area contributed by atoms with E-state index < -0.39 is 18.3 Å². The van der Waals surface area contributed by atoms with Crippen LogP contribution in [0.5, 0.6) is 5.75 Å². The molecule has 1 unspecified atom stereocenters. The van der Waals surface area contributed by atoms with Crippen LogP contribution in [0.15, 0.2) is 18.2 Å².